The molecule has 3 rings (SSSR count). The van der Waals surface area contributed by atoms with E-state index in [1.165, 1.54) is 11.1 Å². The van der Waals surface area contributed by atoms with Gasteiger partial charge in [0.25, 0.3) is 5.91 Å². The number of hydrogen-bond donors (Lipinski definition) is 2. The minimum absolute atomic E-state index is 0.0254. The molecule has 0 bridgehead atoms. The number of rotatable bonds is 3. The molecule has 1 saturated heterocycles. The Balaban J connectivity index is 1.62. The van der Waals surface area contributed by atoms with Crippen LogP contribution in [0.1, 0.15) is 34.8 Å². The molecular weight excluding hydrogens is 252 g/mol. The van der Waals surface area contributed by atoms with Crippen molar-refractivity contribution in [3.63, 3.8) is 0 Å². The lowest BCUT2D eigenvalue weighted by Crippen LogP contribution is -2.32. The average Bonchev–Trinajstić information content (AvgIpc) is 2.89. The van der Waals surface area contributed by atoms with Crippen LogP contribution in [0, 0.1) is 5.92 Å². The summed E-state index contributed by atoms with van der Waals surface area (Å²) in [6.07, 6.45) is 2.34. The molecule has 0 radical (unpaired) electrons. The Morgan fingerprint density at radius 2 is 2.35 bits per heavy atom. The third-order valence-corrected chi connectivity index (χ3v) is 4.41. The lowest BCUT2D eigenvalue weighted by Gasteiger charge is -2.18. The van der Waals surface area contributed by atoms with Crippen LogP contribution in [0.25, 0.3) is 0 Å². The fourth-order valence-corrected chi connectivity index (χ4v) is 2.99. The molecule has 2 atom stereocenters. The van der Waals surface area contributed by atoms with Crippen LogP contribution in [0.15, 0.2) is 18.2 Å². The van der Waals surface area contributed by atoms with Gasteiger partial charge in [-0.15, -0.1) is 0 Å². The zero-order valence-electron chi connectivity index (χ0n) is 11.9. The summed E-state index contributed by atoms with van der Waals surface area (Å²) >= 11 is 0. The summed E-state index contributed by atoms with van der Waals surface area (Å²) in [6.45, 7) is 5.48. The van der Waals surface area contributed by atoms with Crippen LogP contribution >= 0.6 is 0 Å². The molecule has 108 valence electrons. The lowest BCUT2D eigenvalue weighted by atomic mass is 9.98. The van der Waals surface area contributed by atoms with Crippen LogP contribution in [0.3, 0.4) is 0 Å². The summed E-state index contributed by atoms with van der Waals surface area (Å²) in [4.78, 5) is 12.2. The molecular formula is C16H22N2O2. The van der Waals surface area contributed by atoms with Crippen LogP contribution in [-0.2, 0) is 17.7 Å². The predicted octanol–water partition coefficient (Wildman–Crippen LogP) is 1.49. The summed E-state index contributed by atoms with van der Waals surface area (Å²) in [7, 11) is 0. The average molecular weight is 274 g/mol. The molecule has 2 heterocycles. The maximum atomic E-state index is 12.2. The first-order chi connectivity index (χ1) is 9.74. The van der Waals surface area contributed by atoms with Gasteiger partial charge < -0.3 is 15.4 Å². The van der Waals surface area contributed by atoms with E-state index in [0.29, 0.717) is 12.5 Å². The zero-order chi connectivity index (χ0) is 13.9. The number of carbonyl (C=O) groups is 1. The van der Waals surface area contributed by atoms with Gasteiger partial charge in [-0.3, -0.25) is 4.79 Å². The maximum Gasteiger partial charge on any atom is 0.251 e. The van der Waals surface area contributed by atoms with E-state index in [4.69, 9.17) is 4.74 Å². The highest BCUT2D eigenvalue weighted by Crippen LogP contribution is 2.20. The fraction of sp³-hybridized carbons (Fsp3) is 0.562. The topological polar surface area (TPSA) is 50.4 Å². The summed E-state index contributed by atoms with van der Waals surface area (Å²) < 4.78 is 5.52. The van der Waals surface area contributed by atoms with E-state index in [0.717, 1.165) is 38.1 Å². The first-order valence-electron chi connectivity index (χ1n) is 7.46. The van der Waals surface area contributed by atoms with Crippen molar-refractivity contribution in [3.8, 4) is 0 Å². The van der Waals surface area contributed by atoms with Gasteiger partial charge >= 0.3 is 0 Å². The third kappa shape index (κ3) is 2.86. The van der Waals surface area contributed by atoms with Gasteiger partial charge in [0.1, 0.15) is 0 Å². The first-order valence-corrected chi connectivity index (χ1v) is 7.46. The standard InChI is InChI=1S/C16H22N2O2/c1-11-14(5-7-20-11)10-18-16(19)13-3-2-12-4-6-17-9-15(12)8-13/h2-3,8,11,14,17H,4-7,9-10H2,1H3,(H,18,19). The van der Waals surface area contributed by atoms with Gasteiger partial charge in [0.05, 0.1) is 6.10 Å². The quantitative estimate of drug-likeness (QED) is 0.878. The van der Waals surface area contributed by atoms with Gasteiger partial charge in [0.15, 0.2) is 0 Å². The van der Waals surface area contributed by atoms with Crippen molar-refractivity contribution < 1.29 is 9.53 Å². The maximum absolute atomic E-state index is 12.2. The molecule has 0 aliphatic carbocycles. The number of nitrogens with one attached hydrogen (secondary N) is 2. The van der Waals surface area contributed by atoms with Crippen molar-refractivity contribution >= 4 is 5.91 Å². The molecule has 1 aromatic rings. The minimum atomic E-state index is 0.0254. The number of fused-ring (bicyclic) bond motifs is 1. The van der Waals surface area contributed by atoms with Crippen LogP contribution in [0.5, 0.6) is 0 Å². The Morgan fingerprint density at radius 3 is 3.15 bits per heavy atom. The van der Waals surface area contributed by atoms with E-state index in [1.54, 1.807) is 0 Å². The van der Waals surface area contributed by atoms with E-state index in [1.807, 2.05) is 12.1 Å². The Kier molecular flexibility index (Phi) is 4.03. The molecule has 0 spiro atoms. The van der Waals surface area contributed by atoms with Gasteiger partial charge in [-0.05, 0) is 49.6 Å². The van der Waals surface area contributed by atoms with Crippen molar-refractivity contribution in [1.82, 2.24) is 10.6 Å². The second-order valence-electron chi connectivity index (χ2n) is 5.74. The zero-order valence-corrected chi connectivity index (χ0v) is 11.9. The molecule has 0 saturated carbocycles. The molecule has 20 heavy (non-hydrogen) atoms. The molecule has 2 aliphatic rings. The van der Waals surface area contributed by atoms with Gasteiger partial charge in [0, 0.05) is 31.2 Å². The molecule has 1 amide bonds. The highest BCUT2D eigenvalue weighted by Gasteiger charge is 2.24. The number of carbonyl (C=O) groups excluding carboxylic acids is 1. The summed E-state index contributed by atoms with van der Waals surface area (Å²) in [5, 5.41) is 6.38. The Bertz CT molecular complexity index is 501. The predicted molar refractivity (Wildman–Crippen MR) is 77.7 cm³/mol. The number of ether oxygens (including phenoxy) is 1. The molecule has 4 heteroatoms. The highest BCUT2D eigenvalue weighted by molar-refractivity contribution is 5.94. The Morgan fingerprint density at radius 1 is 1.45 bits per heavy atom. The number of benzene rings is 1. The van der Waals surface area contributed by atoms with Crippen molar-refractivity contribution in [3.05, 3.63) is 34.9 Å². The summed E-state index contributed by atoms with van der Waals surface area (Å²) in [6, 6.07) is 6.05. The van der Waals surface area contributed by atoms with E-state index in [-0.39, 0.29) is 12.0 Å². The van der Waals surface area contributed by atoms with Crippen molar-refractivity contribution in [2.75, 3.05) is 19.7 Å². The van der Waals surface area contributed by atoms with Gasteiger partial charge in [-0.25, -0.2) is 0 Å². The van der Waals surface area contributed by atoms with Crippen LogP contribution in [0.2, 0.25) is 0 Å². The van der Waals surface area contributed by atoms with E-state index in [2.05, 4.69) is 23.6 Å². The molecule has 1 aromatic carbocycles. The molecule has 2 unspecified atom stereocenters. The van der Waals surface area contributed by atoms with Crippen molar-refractivity contribution in [2.45, 2.75) is 32.4 Å². The van der Waals surface area contributed by atoms with Crippen LogP contribution in [0.4, 0.5) is 0 Å². The van der Waals surface area contributed by atoms with Gasteiger partial charge in [0.2, 0.25) is 0 Å². The Labute approximate surface area is 119 Å². The summed E-state index contributed by atoms with van der Waals surface area (Å²) in [5.41, 5.74) is 3.37. The fourth-order valence-electron chi connectivity index (χ4n) is 2.99. The normalized spacial score (nSPS) is 25.2. The molecule has 1 fully saturated rings. The number of amides is 1. The van der Waals surface area contributed by atoms with E-state index in [9.17, 15) is 4.79 Å². The molecule has 2 N–H and O–H groups in total. The largest absolute Gasteiger partial charge is 0.378 e. The van der Waals surface area contributed by atoms with Gasteiger partial charge in [-0.1, -0.05) is 6.07 Å². The van der Waals surface area contributed by atoms with Gasteiger partial charge in [-0.2, -0.15) is 0 Å². The summed E-state index contributed by atoms with van der Waals surface area (Å²) in [5.74, 6) is 0.468. The number of hydrogen-bond acceptors (Lipinski definition) is 3. The SMILES string of the molecule is CC1OCCC1CNC(=O)c1ccc2c(c1)CNCC2. The van der Waals surface area contributed by atoms with Crippen LogP contribution in [-0.4, -0.2) is 31.7 Å². The second-order valence-corrected chi connectivity index (χ2v) is 5.74. The van der Waals surface area contributed by atoms with Crippen LogP contribution < -0.4 is 10.6 Å². The third-order valence-electron chi connectivity index (χ3n) is 4.41. The van der Waals surface area contributed by atoms with E-state index < -0.39 is 0 Å². The van der Waals surface area contributed by atoms with Crippen molar-refractivity contribution in [1.29, 1.82) is 0 Å². The molecule has 2 aliphatic heterocycles. The molecule has 4 nitrogen and oxygen atoms in total. The van der Waals surface area contributed by atoms with Crippen molar-refractivity contribution in [2.24, 2.45) is 5.92 Å². The second kappa shape index (κ2) is 5.94. The minimum Gasteiger partial charge on any atom is -0.378 e. The smallest absolute Gasteiger partial charge is 0.251 e. The Hall–Kier alpha value is -1.39. The lowest BCUT2D eigenvalue weighted by molar-refractivity contribution is 0.0907. The molecule has 0 aromatic heterocycles. The van der Waals surface area contributed by atoms with E-state index >= 15 is 0 Å². The monoisotopic (exact) mass is 274 g/mol. The highest BCUT2D eigenvalue weighted by atomic mass is 16.5. The first kappa shape index (κ1) is 13.6.